The van der Waals surface area contributed by atoms with E-state index in [9.17, 15) is 4.79 Å². The molecule has 2 heteroatoms. The summed E-state index contributed by atoms with van der Waals surface area (Å²) in [7, 11) is 0. The van der Waals surface area contributed by atoms with Gasteiger partial charge in [-0.2, -0.15) is 0 Å². The summed E-state index contributed by atoms with van der Waals surface area (Å²) in [5, 5.41) is 0. The number of aliphatic imine (C=N–C) groups is 1. The van der Waals surface area contributed by atoms with Gasteiger partial charge in [0.2, 0.25) is 0 Å². The molecule has 2 aliphatic rings. The van der Waals surface area contributed by atoms with Crippen molar-refractivity contribution in [2.45, 2.75) is 0 Å². The molecular formula is C11H9NO. The van der Waals surface area contributed by atoms with Crippen molar-refractivity contribution < 1.29 is 4.79 Å². The highest BCUT2D eigenvalue weighted by atomic mass is 16.1. The molecule has 0 fully saturated rings. The summed E-state index contributed by atoms with van der Waals surface area (Å²) in [6.45, 7) is 0. The van der Waals surface area contributed by atoms with Crippen LogP contribution in [0.4, 0.5) is 0 Å². The van der Waals surface area contributed by atoms with Crippen molar-refractivity contribution in [1.29, 1.82) is 0 Å². The molecule has 1 aliphatic heterocycles. The van der Waals surface area contributed by atoms with E-state index in [0.29, 0.717) is 0 Å². The Hall–Kier alpha value is -1.70. The number of fused-ring (bicyclic) bond motifs is 1. The van der Waals surface area contributed by atoms with Gasteiger partial charge < -0.3 is 0 Å². The number of allylic oxidation sites excluding steroid dienone is 7. The summed E-state index contributed by atoms with van der Waals surface area (Å²) >= 11 is 0. The fraction of sp³-hybridized carbons (Fsp3) is 0.0909. The zero-order valence-electron chi connectivity index (χ0n) is 7.05. The highest BCUT2D eigenvalue weighted by Gasteiger charge is 2.08. The van der Waals surface area contributed by atoms with Crippen LogP contribution < -0.4 is 0 Å². The number of hydrogen-bond donors (Lipinski definition) is 0. The summed E-state index contributed by atoms with van der Waals surface area (Å²) in [4.78, 5) is 14.6. The quantitative estimate of drug-likeness (QED) is 0.546. The van der Waals surface area contributed by atoms with Crippen LogP contribution in [0.5, 0.6) is 0 Å². The van der Waals surface area contributed by atoms with E-state index < -0.39 is 0 Å². The van der Waals surface area contributed by atoms with Crippen molar-refractivity contribution in [2.24, 2.45) is 10.9 Å². The Kier molecular flexibility index (Phi) is 2.04. The van der Waals surface area contributed by atoms with Crippen LogP contribution in [0.25, 0.3) is 0 Å². The van der Waals surface area contributed by atoms with Gasteiger partial charge in [0.1, 0.15) is 0 Å². The number of carbonyl (C=O) groups excluding carboxylic acids is 1. The third kappa shape index (κ3) is 1.72. The van der Waals surface area contributed by atoms with Crippen LogP contribution >= 0.6 is 0 Å². The maximum Gasteiger partial charge on any atom is 0.269 e. The third-order valence-electron chi connectivity index (χ3n) is 2.02. The Morgan fingerprint density at radius 2 is 2.08 bits per heavy atom. The zero-order chi connectivity index (χ0) is 9.10. The fourth-order valence-corrected chi connectivity index (χ4v) is 1.34. The van der Waals surface area contributed by atoms with Gasteiger partial charge in [-0.15, -0.1) is 0 Å². The first-order valence-corrected chi connectivity index (χ1v) is 4.17. The minimum absolute atomic E-state index is 0.196. The van der Waals surface area contributed by atoms with Crippen molar-refractivity contribution in [3.63, 3.8) is 0 Å². The molecule has 0 spiro atoms. The second-order valence-corrected chi connectivity index (χ2v) is 2.91. The van der Waals surface area contributed by atoms with Gasteiger partial charge in [0, 0.05) is 18.2 Å². The Labute approximate surface area is 76.7 Å². The van der Waals surface area contributed by atoms with Crippen LogP contribution in [0.1, 0.15) is 0 Å². The van der Waals surface area contributed by atoms with E-state index in [-0.39, 0.29) is 11.8 Å². The lowest BCUT2D eigenvalue weighted by molar-refractivity contribution is -0.113. The lowest BCUT2D eigenvalue weighted by atomic mass is 9.93. The van der Waals surface area contributed by atoms with Crippen molar-refractivity contribution in [2.75, 3.05) is 0 Å². The topological polar surface area (TPSA) is 29.4 Å². The van der Waals surface area contributed by atoms with Crippen LogP contribution in [-0.4, -0.2) is 12.1 Å². The molecule has 64 valence electrons. The molecule has 0 radical (unpaired) electrons. The molecule has 1 heterocycles. The van der Waals surface area contributed by atoms with Gasteiger partial charge in [-0.1, -0.05) is 30.4 Å². The summed E-state index contributed by atoms with van der Waals surface area (Å²) in [6.07, 6.45) is 14.8. The molecule has 0 aromatic carbocycles. The molecule has 0 aromatic rings. The highest BCUT2D eigenvalue weighted by molar-refractivity contribution is 5.96. The van der Waals surface area contributed by atoms with E-state index in [1.807, 2.05) is 30.4 Å². The predicted octanol–water partition coefficient (Wildman–Crippen LogP) is 1.82. The van der Waals surface area contributed by atoms with Gasteiger partial charge in [-0.3, -0.25) is 4.79 Å². The van der Waals surface area contributed by atoms with Crippen LogP contribution in [0.2, 0.25) is 0 Å². The van der Waals surface area contributed by atoms with E-state index in [2.05, 4.69) is 11.1 Å². The minimum Gasteiger partial charge on any atom is -0.267 e. The van der Waals surface area contributed by atoms with Crippen LogP contribution in [0.15, 0.2) is 53.1 Å². The number of hydrogen-bond acceptors (Lipinski definition) is 1. The molecule has 0 N–H and O–H groups in total. The molecule has 0 aromatic heterocycles. The first-order chi connectivity index (χ1) is 6.36. The van der Waals surface area contributed by atoms with Crippen molar-refractivity contribution >= 4 is 12.1 Å². The maximum atomic E-state index is 11.0. The molecule has 0 bridgehead atoms. The SMILES string of the molecule is O=C1C=CC2C=CC=CC2=CC=N1. The van der Waals surface area contributed by atoms with Gasteiger partial charge in [0.15, 0.2) is 0 Å². The largest absolute Gasteiger partial charge is 0.269 e. The van der Waals surface area contributed by atoms with Gasteiger partial charge >= 0.3 is 0 Å². The van der Waals surface area contributed by atoms with Crippen molar-refractivity contribution in [3.8, 4) is 0 Å². The second kappa shape index (κ2) is 3.35. The predicted molar refractivity (Wildman–Crippen MR) is 52.5 cm³/mol. The van der Waals surface area contributed by atoms with E-state index in [1.54, 1.807) is 6.21 Å². The number of amides is 1. The minimum atomic E-state index is -0.196. The Morgan fingerprint density at radius 3 is 3.00 bits per heavy atom. The van der Waals surface area contributed by atoms with E-state index in [4.69, 9.17) is 0 Å². The monoisotopic (exact) mass is 171 g/mol. The molecule has 0 saturated heterocycles. The lowest BCUT2D eigenvalue weighted by Crippen LogP contribution is -2.02. The van der Waals surface area contributed by atoms with Gasteiger partial charge in [-0.25, -0.2) is 4.99 Å². The molecular weight excluding hydrogens is 162 g/mol. The number of carbonyl (C=O) groups is 1. The molecule has 2 rings (SSSR count). The van der Waals surface area contributed by atoms with Crippen LogP contribution in [0, 0.1) is 5.92 Å². The van der Waals surface area contributed by atoms with E-state index in [1.165, 1.54) is 6.08 Å². The summed E-state index contributed by atoms with van der Waals surface area (Å²) < 4.78 is 0. The number of rotatable bonds is 0. The van der Waals surface area contributed by atoms with Gasteiger partial charge in [0.25, 0.3) is 5.91 Å². The number of nitrogens with zero attached hydrogens (tertiary/aromatic N) is 1. The molecule has 1 unspecified atom stereocenters. The standard InChI is InChI=1S/C11H9NO/c13-11-6-5-9-3-1-2-4-10(9)7-8-12-11/h1-9H. The lowest BCUT2D eigenvalue weighted by Gasteiger charge is -2.12. The highest BCUT2D eigenvalue weighted by Crippen LogP contribution is 2.20. The van der Waals surface area contributed by atoms with Gasteiger partial charge in [0.05, 0.1) is 0 Å². The van der Waals surface area contributed by atoms with Crippen molar-refractivity contribution in [3.05, 3.63) is 48.1 Å². The smallest absolute Gasteiger partial charge is 0.267 e. The molecule has 1 atom stereocenters. The Morgan fingerprint density at radius 1 is 1.15 bits per heavy atom. The Balaban J connectivity index is 2.39. The van der Waals surface area contributed by atoms with Crippen molar-refractivity contribution in [1.82, 2.24) is 0 Å². The second-order valence-electron chi connectivity index (χ2n) is 2.91. The summed E-state index contributed by atoms with van der Waals surface area (Å²) in [5.74, 6) is 0.0268. The van der Waals surface area contributed by atoms with E-state index >= 15 is 0 Å². The maximum absolute atomic E-state index is 11.0. The van der Waals surface area contributed by atoms with E-state index in [0.717, 1.165) is 5.57 Å². The first-order valence-electron chi connectivity index (χ1n) is 4.17. The summed E-state index contributed by atoms with van der Waals surface area (Å²) in [5.41, 5.74) is 1.16. The fourth-order valence-electron chi connectivity index (χ4n) is 1.34. The molecule has 13 heavy (non-hydrogen) atoms. The normalized spacial score (nSPS) is 25.1. The van der Waals surface area contributed by atoms with Crippen LogP contribution in [0.3, 0.4) is 0 Å². The molecule has 1 amide bonds. The molecule has 0 saturated carbocycles. The average Bonchev–Trinajstić information content (AvgIpc) is 2.13. The van der Waals surface area contributed by atoms with Crippen LogP contribution in [-0.2, 0) is 4.79 Å². The van der Waals surface area contributed by atoms with Gasteiger partial charge in [-0.05, 0) is 11.6 Å². The Bertz CT molecular complexity index is 370. The molecule has 1 aliphatic carbocycles. The molecule has 2 nitrogen and oxygen atoms in total. The summed E-state index contributed by atoms with van der Waals surface area (Å²) in [6, 6.07) is 0. The third-order valence-corrected chi connectivity index (χ3v) is 2.02. The average molecular weight is 171 g/mol. The zero-order valence-corrected chi connectivity index (χ0v) is 7.05. The first kappa shape index (κ1) is 7.92.